The molecule has 1 aliphatic carbocycles. The molecule has 0 atom stereocenters. The lowest BCUT2D eigenvalue weighted by Crippen LogP contribution is -2.40. The molecular weight excluding hydrogens is 362 g/mol. The molecule has 0 bridgehead atoms. The lowest BCUT2D eigenvalue weighted by molar-refractivity contribution is 0.0468. The van der Waals surface area contributed by atoms with Crippen LogP contribution in [-0.4, -0.2) is 48.4 Å². The van der Waals surface area contributed by atoms with E-state index in [1.807, 2.05) is 18.5 Å². The van der Waals surface area contributed by atoms with Crippen LogP contribution in [0.3, 0.4) is 0 Å². The van der Waals surface area contributed by atoms with Crippen molar-refractivity contribution in [3.05, 3.63) is 54.1 Å². The molecule has 1 saturated carbocycles. The lowest BCUT2D eigenvalue weighted by atomic mass is 10.1. The van der Waals surface area contributed by atoms with Gasteiger partial charge >= 0.3 is 0 Å². The molecular formula is C23H35N5O. The van der Waals surface area contributed by atoms with Gasteiger partial charge in [0.2, 0.25) is 0 Å². The van der Waals surface area contributed by atoms with E-state index >= 15 is 0 Å². The molecule has 0 saturated heterocycles. The van der Waals surface area contributed by atoms with Crippen LogP contribution in [0.4, 0.5) is 0 Å². The number of aliphatic imine (C=N–C) groups is 1. The number of rotatable bonds is 9. The normalized spacial score (nSPS) is 15.8. The zero-order valence-electron chi connectivity index (χ0n) is 17.6. The average molecular weight is 398 g/mol. The summed E-state index contributed by atoms with van der Waals surface area (Å²) in [6, 6.07) is 10.5. The van der Waals surface area contributed by atoms with Crippen molar-refractivity contribution in [3.63, 3.8) is 0 Å². The molecule has 0 radical (unpaired) electrons. The molecule has 1 aromatic heterocycles. The van der Waals surface area contributed by atoms with Gasteiger partial charge in [0.1, 0.15) is 5.82 Å². The fourth-order valence-electron chi connectivity index (χ4n) is 3.81. The van der Waals surface area contributed by atoms with Gasteiger partial charge in [-0.1, -0.05) is 56.0 Å². The standard InChI is InChI=1S/C23H35N5O/c1-24-23(27-16-18-29-21-11-7-2-3-8-12-21)26-14-13-22-25-15-17-28(22)19-20-9-5-4-6-10-20/h4-6,9-10,15,17,21H,2-3,7-8,11-14,16,18-19H2,1H3,(H2,24,26,27). The third kappa shape index (κ3) is 7.54. The van der Waals surface area contributed by atoms with E-state index in [1.165, 1.54) is 44.1 Å². The maximum atomic E-state index is 6.03. The van der Waals surface area contributed by atoms with Crippen molar-refractivity contribution < 1.29 is 4.74 Å². The average Bonchev–Trinajstić information content (AvgIpc) is 3.02. The van der Waals surface area contributed by atoms with E-state index in [-0.39, 0.29) is 0 Å². The smallest absolute Gasteiger partial charge is 0.191 e. The minimum absolute atomic E-state index is 0.442. The van der Waals surface area contributed by atoms with Crippen molar-refractivity contribution in [1.29, 1.82) is 0 Å². The number of aromatic nitrogens is 2. The Balaban J connectivity index is 1.34. The molecule has 0 amide bonds. The van der Waals surface area contributed by atoms with Gasteiger partial charge in [0.25, 0.3) is 0 Å². The van der Waals surface area contributed by atoms with Crippen LogP contribution in [0.1, 0.15) is 49.9 Å². The molecule has 1 aromatic carbocycles. The van der Waals surface area contributed by atoms with E-state index in [0.29, 0.717) is 6.10 Å². The van der Waals surface area contributed by atoms with Crippen molar-refractivity contribution in [1.82, 2.24) is 20.2 Å². The minimum atomic E-state index is 0.442. The Morgan fingerprint density at radius 1 is 1.10 bits per heavy atom. The highest BCUT2D eigenvalue weighted by Gasteiger charge is 2.12. The predicted octanol–water partition coefficient (Wildman–Crippen LogP) is 3.38. The van der Waals surface area contributed by atoms with Crippen molar-refractivity contribution in [2.45, 2.75) is 57.6 Å². The van der Waals surface area contributed by atoms with Crippen LogP contribution >= 0.6 is 0 Å². The Bertz CT molecular complexity index is 720. The van der Waals surface area contributed by atoms with Crippen molar-refractivity contribution >= 4 is 5.96 Å². The van der Waals surface area contributed by atoms with Crippen molar-refractivity contribution in [2.24, 2.45) is 4.99 Å². The number of benzene rings is 1. The van der Waals surface area contributed by atoms with E-state index in [2.05, 4.69) is 49.4 Å². The van der Waals surface area contributed by atoms with E-state index in [9.17, 15) is 0 Å². The number of nitrogens with zero attached hydrogens (tertiary/aromatic N) is 3. The zero-order valence-corrected chi connectivity index (χ0v) is 17.6. The first-order valence-electron chi connectivity index (χ1n) is 10.9. The van der Waals surface area contributed by atoms with Crippen LogP contribution in [0, 0.1) is 0 Å². The molecule has 158 valence electrons. The Morgan fingerprint density at radius 2 is 1.86 bits per heavy atom. The molecule has 0 spiro atoms. The van der Waals surface area contributed by atoms with Gasteiger partial charge in [0, 0.05) is 45.5 Å². The predicted molar refractivity (Wildman–Crippen MR) is 118 cm³/mol. The van der Waals surface area contributed by atoms with Crippen LogP contribution in [0.2, 0.25) is 0 Å². The van der Waals surface area contributed by atoms with Crippen LogP contribution in [-0.2, 0) is 17.7 Å². The summed E-state index contributed by atoms with van der Waals surface area (Å²) in [6.45, 7) is 3.14. The monoisotopic (exact) mass is 397 g/mol. The molecule has 2 N–H and O–H groups in total. The molecule has 2 aromatic rings. The number of hydrogen-bond acceptors (Lipinski definition) is 3. The first kappa shape index (κ1) is 21.4. The Morgan fingerprint density at radius 3 is 2.62 bits per heavy atom. The topological polar surface area (TPSA) is 63.5 Å². The number of hydrogen-bond donors (Lipinski definition) is 2. The number of ether oxygens (including phenoxy) is 1. The SMILES string of the molecule is CN=C(NCCOC1CCCCCC1)NCCc1nccn1Cc1ccccc1. The summed E-state index contributed by atoms with van der Waals surface area (Å²) in [6.07, 6.45) is 13.0. The van der Waals surface area contributed by atoms with Gasteiger partial charge in [0.05, 0.1) is 12.7 Å². The van der Waals surface area contributed by atoms with E-state index < -0.39 is 0 Å². The van der Waals surface area contributed by atoms with Gasteiger partial charge in [-0.3, -0.25) is 4.99 Å². The fraction of sp³-hybridized carbons (Fsp3) is 0.565. The van der Waals surface area contributed by atoms with Gasteiger partial charge in [-0.15, -0.1) is 0 Å². The van der Waals surface area contributed by atoms with Gasteiger partial charge in [0.15, 0.2) is 5.96 Å². The van der Waals surface area contributed by atoms with Crippen LogP contribution in [0.5, 0.6) is 0 Å². The van der Waals surface area contributed by atoms with Gasteiger partial charge in [-0.25, -0.2) is 4.98 Å². The second-order valence-electron chi connectivity index (χ2n) is 7.62. The number of nitrogens with one attached hydrogen (secondary N) is 2. The first-order chi connectivity index (χ1) is 14.3. The molecule has 3 rings (SSSR count). The summed E-state index contributed by atoms with van der Waals surface area (Å²) in [5.41, 5.74) is 1.28. The summed E-state index contributed by atoms with van der Waals surface area (Å²) in [7, 11) is 1.80. The third-order valence-corrected chi connectivity index (χ3v) is 5.41. The largest absolute Gasteiger partial charge is 0.376 e. The second kappa shape index (κ2) is 12.3. The summed E-state index contributed by atoms with van der Waals surface area (Å²) in [5.74, 6) is 1.89. The summed E-state index contributed by atoms with van der Waals surface area (Å²) in [5, 5.41) is 6.72. The number of guanidine groups is 1. The quantitative estimate of drug-likeness (QED) is 0.295. The molecule has 29 heavy (non-hydrogen) atoms. The van der Waals surface area contributed by atoms with Crippen LogP contribution in [0.25, 0.3) is 0 Å². The molecule has 6 nitrogen and oxygen atoms in total. The Hall–Kier alpha value is -2.34. The zero-order chi connectivity index (χ0) is 20.2. The lowest BCUT2D eigenvalue weighted by Gasteiger charge is -2.17. The van der Waals surface area contributed by atoms with Gasteiger partial charge in [-0.2, -0.15) is 0 Å². The first-order valence-corrected chi connectivity index (χ1v) is 10.9. The van der Waals surface area contributed by atoms with Crippen LogP contribution in [0.15, 0.2) is 47.7 Å². The van der Waals surface area contributed by atoms with Crippen LogP contribution < -0.4 is 10.6 Å². The van der Waals surface area contributed by atoms with Crippen molar-refractivity contribution in [3.8, 4) is 0 Å². The molecule has 6 heteroatoms. The molecule has 0 unspecified atom stereocenters. The molecule has 1 fully saturated rings. The second-order valence-corrected chi connectivity index (χ2v) is 7.62. The van der Waals surface area contributed by atoms with Gasteiger partial charge < -0.3 is 19.9 Å². The van der Waals surface area contributed by atoms with Gasteiger partial charge in [-0.05, 0) is 18.4 Å². The minimum Gasteiger partial charge on any atom is -0.376 e. The molecule has 0 aliphatic heterocycles. The molecule has 1 heterocycles. The maximum absolute atomic E-state index is 6.03. The van der Waals surface area contributed by atoms with Crippen molar-refractivity contribution in [2.75, 3.05) is 26.7 Å². The number of imidazole rings is 1. The summed E-state index contributed by atoms with van der Waals surface area (Å²) >= 11 is 0. The highest BCUT2D eigenvalue weighted by atomic mass is 16.5. The fourth-order valence-corrected chi connectivity index (χ4v) is 3.81. The Labute approximate surface area is 174 Å². The Kier molecular flexibility index (Phi) is 9.04. The highest BCUT2D eigenvalue weighted by molar-refractivity contribution is 5.79. The van der Waals surface area contributed by atoms with E-state index in [0.717, 1.165) is 44.4 Å². The maximum Gasteiger partial charge on any atom is 0.191 e. The summed E-state index contributed by atoms with van der Waals surface area (Å²) in [4.78, 5) is 8.82. The van der Waals surface area contributed by atoms with E-state index in [1.54, 1.807) is 7.05 Å². The third-order valence-electron chi connectivity index (χ3n) is 5.41. The summed E-state index contributed by atoms with van der Waals surface area (Å²) < 4.78 is 8.24. The highest BCUT2D eigenvalue weighted by Crippen LogP contribution is 2.19. The molecule has 1 aliphatic rings. The van der Waals surface area contributed by atoms with E-state index in [4.69, 9.17) is 4.74 Å².